The van der Waals surface area contributed by atoms with Crippen molar-refractivity contribution in [2.45, 2.75) is 0 Å². The van der Waals surface area contributed by atoms with Gasteiger partial charge >= 0.3 is 0 Å². The fourth-order valence-electron chi connectivity index (χ4n) is 7.50. The topological polar surface area (TPSA) is 25.8 Å². The summed E-state index contributed by atoms with van der Waals surface area (Å²) in [5, 5.41) is 4.88. The summed E-state index contributed by atoms with van der Waals surface area (Å²) < 4.78 is 2.60. The molecule has 10 aromatic rings. The first-order valence-electron chi connectivity index (χ1n) is 17.9. The van der Waals surface area contributed by atoms with Crippen LogP contribution in [0.2, 0.25) is 0 Å². The molecule has 0 aliphatic carbocycles. The van der Waals surface area contributed by atoms with Crippen LogP contribution in [0, 0.1) is 0 Å². The van der Waals surface area contributed by atoms with Gasteiger partial charge in [0.15, 0.2) is 5.82 Å². The van der Waals surface area contributed by atoms with Crippen LogP contribution in [0.3, 0.4) is 0 Å². The first kappa shape index (κ1) is 31.1. The normalized spacial score (nSPS) is 11.4. The van der Waals surface area contributed by atoms with E-state index in [0.29, 0.717) is 5.82 Å². The molecule has 0 aliphatic heterocycles. The number of fused-ring (bicyclic) bond motifs is 4. The maximum atomic E-state index is 5.37. The van der Waals surface area contributed by atoms with Crippen LogP contribution in [0.4, 0.5) is 0 Å². The predicted octanol–water partition coefficient (Wildman–Crippen LogP) is 14.0. The average molecular weight is 693 g/mol. The van der Waals surface area contributed by atoms with Crippen LogP contribution in [-0.4, -0.2) is 9.97 Å². The van der Waals surface area contributed by atoms with Gasteiger partial charge in [-0.1, -0.05) is 152 Å². The minimum atomic E-state index is 0.709. The summed E-state index contributed by atoms with van der Waals surface area (Å²) in [7, 11) is 0. The second-order valence-electron chi connectivity index (χ2n) is 13.4. The van der Waals surface area contributed by atoms with E-state index in [0.717, 1.165) is 44.6 Å². The highest BCUT2D eigenvalue weighted by molar-refractivity contribution is 7.25. The van der Waals surface area contributed by atoms with E-state index in [2.05, 4.69) is 188 Å². The van der Waals surface area contributed by atoms with Gasteiger partial charge in [0.25, 0.3) is 0 Å². The summed E-state index contributed by atoms with van der Waals surface area (Å²) in [5.74, 6) is 0.709. The Bertz CT molecular complexity index is 2940. The molecule has 0 fully saturated rings. The van der Waals surface area contributed by atoms with Gasteiger partial charge in [0.1, 0.15) is 0 Å². The highest BCUT2D eigenvalue weighted by Gasteiger charge is 2.17. The maximum Gasteiger partial charge on any atom is 0.161 e. The number of hydrogen-bond acceptors (Lipinski definition) is 3. The molecule has 0 saturated heterocycles. The Morgan fingerprint density at radius 2 is 0.868 bits per heavy atom. The Morgan fingerprint density at radius 1 is 0.302 bits per heavy atom. The fourth-order valence-corrected chi connectivity index (χ4v) is 8.59. The average Bonchev–Trinajstić information content (AvgIpc) is 3.62. The van der Waals surface area contributed by atoms with Gasteiger partial charge in [0.2, 0.25) is 0 Å². The lowest BCUT2D eigenvalue weighted by molar-refractivity contribution is 1.19. The molecule has 2 heterocycles. The van der Waals surface area contributed by atoms with E-state index in [4.69, 9.17) is 9.97 Å². The van der Waals surface area contributed by atoms with Crippen LogP contribution in [0.15, 0.2) is 194 Å². The molecule has 0 amide bonds. The van der Waals surface area contributed by atoms with Crippen molar-refractivity contribution in [1.29, 1.82) is 0 Å². The standard InChI is InChI=1S/C50H32N2S/c1-3-14-33(15-4-1)40-20-9-10-22-42(40)38-28-37(36-26-27-49-45(31-36)43-23-11-12-25-48(43)53-49)29-39(30-38)47-32-46(35-17-5-2-6-18-35)51-50(52-47)44-24-13-19-34-16-7-8-21-41(34)44/h1-32H. The van der Waals surface area contributed by atoms with Crippen LogP contribution in [0.5, 0.6) is 0 Å². The summed E-state index contributed by atoms with van der Waals surface area (Å²) in [6.07, 6.45) is 0. The zero-order valence-corrected chi connectivity index (χ0v) is 29.6. The van der Waals surface area contributed by atoms with Crippen molar-refractivity contribution < 1.29 is 0 Å². The molecule has 0 bridgehead atoms. The lowest BCUT2D eigenvalue weighted by atomic mass is 9.90. The molecule has 2 nitrogen and oxygen atoms in total. The van der Waals surface area contributed by atoms with Crippen molar-refractivity contribution in [3.05, 3.63) is 194 Å². The van der Waals surface area contributed by atoms with Crippen molar-refractivity contribution in [2.75, 3.05) is 0 Å². The second kappa shape index (κ2) is 13.1. The van der Waals surface area contributed by atoms with Crippen molar-refractivity contribution in [1.82, 2.24) is 9.97 Å². The third-order valence-electron chi connectivity index (χ3n) is 10.1. The number of hydrogen-bond donors (Lipinski definition) is 0. The molecule has 3 heteroatoms. The van der Waals surface area contributed by atoms with Crippen LogP contribution < -0.4 is 0 Å². The summed E-state index contributed by atoms with van der Waals surface area (Å²) in [6, 6.07) is 69.3. The molecule has 0 radical (unpaired) electrons. The van der Waals surface area contributed by atoms with E-state index >= 15 is 0 Å². The first-order chi connectivity index (χ1) is 26.2. The molecule has 0 N–H and O–H groups in total. The van der Waals surface area contributed by atoms with E-state index in [-0.39, 0.29) is 0 Å². The Kier molecular flexibility index (Phi) is 7.71. The van der Waals surface area contributed by atoms with E-state index < -0.39 is 0 Å². The van der Waals surface area contributed by atoms with Gasteiger partial charge in [-0.05, 0) is 86.6 Å². The zero-order valence-electron chi connectivity index (χ0n) is 28.8. The first-order valence-corrected chi connectivity index (χ1v) is 18.7. The van der Waals surface area contributed by atoms with Gasteiger partial charge in [-0.25, -0.2) is 9.97 Å². The molecule has 0 aliphatic rings. The number of nitrogens with zero attached hydrogens (tertiary/aromatic N) is 2. The Hall–Kier alpha value is -6.68. The monoisotopic (exact) mass is 692 g/mol. The smallest absolute Gasteiger partial charge is 0.161 e. The molecular formula is C50H32N2S. The Balaban J connectivity index is 1.23. The van der Waals surface area contributed by atoms with Gasteiger partial charge in [-0.2, -0.15) is 0 Å². The lowest BCUT2D eigenvalue weighted by Crippen LogP contribution is -1.97. The predicted molar refractivity (Wildman–Crippen MR) is 225 cm³/mol. The summed E-state index contributed by atoms with van der Waals surface area (Å²) >= 11 is 1.85. The van der Waals surface area contributed by atoms with Gasteiger partial charge in [-0.3, -0.25) is 0 Å². The highest BCUT2D eigenvalue weighted by Crippen LogP contribution is 2.41. The third-order valence-corrected chi connectivity index (χ3v) is 11.2. The number of thiophene rings is 1. The van der Waals surface area contributed by atoms with Crippen LogP contribution in [0.1, 0.15) is 0 Å². The molecule has 53 heavy (non-hydrogen) atoms. The highest BCUT2D eigenvalue weighted by atomic mass is 32.1. The Labute approximate surface area is 312 Å². The minimum absolute atomic E-state index is 0.709. The zero-order chi connectivity index (χ0) is 35.1. The number of benzene rings is 8. The van der Waals surface area contributed by atoms with Gasteiger partial charge in [0, 0.05) is 36.9 Å². The molecule has 10 rings (SSSR count). The van der Waals surface area contributed by atoms with E-state index in [1.807, 2.05) is 17.4 Å². The number of aromatic nitrogens is 2. The van der Waals surface area contributed by atoms with Crippen LogP contribution in [0.25, 0.3) is 98.2 Å². The third kappa shape index (κ3) is 5.78. The van der Waals surface area contributed by atoms with E-state index in [1.54, 1.807) is 0 Å². The van der Waals surface area contributed by atoms with Crippen LogP contribution >= 0.6 is 11.3 Å². The minimum Gasteiger partial charge on any atom is -0.228 e. The lowest BCUT2D eigenvalue weighted by Gasteiger charge is -2.16. The summed E-state index contributed by atoms with van der Waals surface area (Å²) in [4.78, 5) is 10.6. The van der Waals surface area contributed by atoms with Crippen molar-refractivity contribution >= 4 is 42.3 Å². The molecule has 0 unspecified atom stereocenters. The molecule has 248 valence electrons. The molecule has 8 aromatic carbocycles. The fraction of sp³-hybridized carbons (Fsp3) is 0. The summed E-state index contributed by atoms with van der Waals surface area (Å²) in [6.45, 7) is 0. The van der Waals surface area contributed by atoms with Crippen molar-refractivity contribution in [3.63, 3.8) is 0 Å². The quantitative estimate of drug-likeness (QED) is 0.173. The largest absolute Gasteiger partial charge is 0.228 e. The van der Waals surface area contributed by atoms with Gasteiger partial charge in [-0.15, -0.1) is 11.3 Å². The maximum absolute atomic E-state index is 5.37. The van der Waals surface area contributed by atoms with E-state index in [1.165, 1.54) is 47.8 Å². The van der Waals surface area contributed by atoms with E-state index in [9.17, 15) is 0 Å². The second-order valence-corrected chi connectivity index (χ2v) is 14.5. The molecule has 0 spiro atoms. The molecule has 2 aromatic heterocycles. The van der Waals surface area contributed by atoms with Crippen LogP contribution in [-0.2, 0) is 0 Å². The van der Waals surface area contributed by atoms with Gasteiger partial charge in [0.05, 0.1) is 11.4 Å². The van der Waals surface area contributed by atoms with Crippen molar-refractivity contribution in [3.8, 4) is 67.3 Å². The molecule has 0 atom stereocenters. The van der Waals surface area contributed by atoms with Gasteiger partial charge < -0.3 is 0 Å². The Morgan fingerprint density at radius 3 is 1.68 bits per heavy atom. The van der Waals surface area contributed by atoms with Crippen molar-refractivity contribution in [2.24, 2.45) is 0 Å². The number of rotatable bonds is 6. The summed E-state index contributed by atoms with van der Waals surface area (Å²) in [5.41, 5.74) is 11.9. The molecular weight excluding hydrogens is 661 g/mol. The SMILES string of the molecule is c1ccc(-c2cc(-c3cc(-c4ccc5sc6ccccc6c5c4)cc(-c4ccccc4-c4ccccc4)c3)nc(-c3cccc4ccccc34)n2)cc1. The molecule has 0 saturated carbocycles.